The molecule has 0 aliphatic heterocycles. The number of aromatic nitrogens is 1. The van der Waals surface area contributed by atoms with Crippen LogP contribution in [0.3, 0.4) is 0 Å². The first-order chi connectivity index (χ1) is 10.2. The number of amides is 1. The average molecular weight is 284 g/mol. The van der Waals surface area contributed by atoms with Crippen molar-refractivity contribution in [1.29, 1.82) is 0 Å². The second kappa shape index (κ2) is 7.17. The number of carbonyl (C=O) groups is 1. The molecule has 2 aromatic rings. The lowest BCUT2D eigenvalue weighted by Crippen LogP contribution is -2.24. The fourth-order valence-corrected chi connectivity index (χ4v) is 1.71. The van der Waals surface area contributed by atoms with Gasteiger partial charge in [-0.05, 0) is 23.8 Å². The number of carbonyl (C=O) groups excluding carboxylic acids is 1. The number of nitrogens with zero attached hydrogens (tertiary/aromatic N) is 1. The van der Waals surface area contributed by atoms with Crippen molar-refractivity contribution in [2.24, 2.45) is 0 Å². The van der Waals surface area contributed by atoms with Gasteiger partial charge < -0.3 is 10.4 Å². The summed E-state index contributed by atoms with van der Waals surface area (Å²) in [5.41, 5.74) is 1.71. The van der Waals surface area contributed by atoms with Crippen LogP contribution in [-0.2, 0) is 6.54 Å². The first kappa shape index (κ1) is 14.7. The van der Waals surface area contributed by atoms with Crippen molar-refractivity contribution >= 4 is 5.91 Å². The number of hydrogen-bond donors (Lipinski definition) is 2. The number of aliphatic hydroxyl groups excluding tert-OH is 1. The highest BCUT2D eigenvalue weighted by atomic mass is 19.1. The second-order valence-electron chi connectivity index (χ2n) is 4.16. The van der Waals surface area contributed by atoms with Gasteiger partial charge >= 0.3 is 0 Å². The summed E-state index contributed by atoms with van der Waals surface area (Å²) in [6.07, 6.45) is 0.996. The predicted octanol–water partition coefficient (Wildman–Crippen LogP) is 1.49. The van der Waals surface area contributed by atoms with E-state index in [1.807, 2.05) is 18.2 Å². The number of halogens is 1. The van der Waals surface area contributed by atoms with E-state index in [2.05, 4.69) is 22.1 Å². The minimum Gasteiger partial charge on any atom is -0.384 e. The molecule has 0 unspecified atom stereocenters. The van der Waals surface area contributed by atoms with Gasteiger partial charge in [-0.1, -0.05) is 30.0 Å². The van der Waals surface area contributed by atoms with Gasteiger partial charge in [0.25, 0.3) is 5.91 Å². The fourth-order valence-electron chi connectivity index (χ4n) is 1.71. The molecule has 0 aliphatic carbocycles. The molecular weight excluding hydrogens is 271 g/mol. The molecule has 1 aromatic heterocycles. The van der Waals surface area contributed by atoms with Crippen LogP contribution < -0.4 is 5.32 Å². The smallest absolute Gasteiger partial charge is 0.270 e. The van der Waals surface area contributed by atoms with Crippen molar-refractivity contribution in [2.45, 2.75) is 6.54 Å². The lowest BCUT2D eigenvalue weighted by atomic mass is 10.1. The van der Waals surface area contributed by atoms with E-state index < -0.39 is 5.82 Å². The summed E-state index contributed by atoms with van der Waals surface area (Å²) in [6.45, 7) is 0.0500. The van der Waals surface area contributed by atoms with Crippen molar-refractivity contribution in [3.63, 3.8) is 0 Å². The quantitative estimate of drug-likeness (QED) is 0.840. The van der Waals surface area contributed by atoms with E-state index in [1.165, 1.54) is 12.1 Å². The molecule has 0 radical (unpaired) electrons. The van der Waals surface area contributed by atoms with Gasteiger partial charge in [-0.3, -0.25) is 4.79 Å². The predicted molar refractivity (Wildman–Crippen MR) is 75.8 cm³/mol. The van der Waals surface area contributed by atoms with E-state index in [1.54, 1.807) is 6.07 Å². The van der Waals surface area contributed by atoms with E-state index >= 15 is 0 Å². The summed E-state index contributed by atoms with van der Waals surface area (Å²) >= 11 is 0. The van der Waals surface area contributed by atoms with E-state index in [4.69, 9.17) is 5.11 Å². The molecule has 2 N–H and O–H groups in total. The molecule has 5 heteroatoms. The minimum atomic E-state index is -0.490. The maximum Gasteiger partial charge on any atom is 0.270 e. The van der Waals surface area contributed by atoms with Gasteiger partial charge in [0.15, 0.2) is 0 Å². The minimum absolute atomic E-state index is 0.148. The van der Waals surface area contributed by atoms with Gasteiger partial charge in [0, 0.05) is 12.1 Å². The Morgan fingerprint density at radius 2 is 2.10 bits per heavy atom. The van der Waals surface area contributed by atoms with Crippen molar-refractivity contribution < 1.29 is 14.3 Å². The van der Waals surface area contributed by atoms with Gasteiger partial charge in [0.05, 0.1) is 6.20 Å². The van der Waals surface area contributed by atoms with Crippen LogP contribution in [0, 0.1) is 17.7 Å². The zero-order valence-corrected chi connectivity index (χ0v) is 11.1. The highest BCUT2D eigenvalue weighted by Gasteiger charge is 2.07. The Labute approximate surface area is 121 Å². The van der Waals surface area contributed by atoms with Crippen LogP contribution in [0.2, 0.25) is 0 Å². The van der Waals surface area contributed by atoms with E-state index in [9.17, 15) is 9.18 Å². The van der Waals surface area contributed by atoms with Crippen LogP contribution in [0.1, 0.15) is 21.6 Å². The number of nitrogens with one attached hydrogen (secondary N) is 1. The standard InChI is InChI=1S/C16H13FN2O2/c17-14-7-8-15(18-11-14)16(21)19-10-13-5-2-1-4-12(13)6-3-9-20/h1-2,4-5,7-8,11,20H,9-10H2,(H,19,21). The highest BCUT2D eigenvalue weighted by molar-refractivity contribution is 5.92. The van der Waals surface area contributed by atoms with Gasteiger partial charge in [-0.2, -0.15) is 0 Å². The number of aliphatic hydroxyl groups is 1. The summed E-state index contributed by atoms with van der Waals surface area (Å²) in [7, 11) is 0. The molecule has 2 rings (SSSR count). The number of rotatable bonds is 3. The topological polar surface area (TPSA) is 62.2 Å². The molecule has 0 saturated carbocycles. The zero-order chi connectivity index (χ0) is 15.1. The summed E-state index contributed by atoms with van der Waals surface area (Å²) < 4.78 is 12.7. The summed E-state index contributed by atoms with van der Waals surface area (Å²) in [6, 6.07) is 9.81. The molecule has 1 aromatic carbocycles. The lowest BCUT2D eigenvalue weighted by Gasteiger charge is -2.07. The van der Waals surface area contributed by atoms with Gasteiger partial charge in [0.2, 0.25) is 0 Å². The monoisotopic (exact) mass is 284 g/mol. The number of pyridine rings is 1. The van der Waals surface area contributed by atoms with Gasteiger partial charge in [-0.15, -0.1) is 0 Å². The SMILES string of the molecule is O=C(NCc1ccccc1C#CCO)c1ccc(F)cn1. The highest BCUT2D eigenvalue weighted by Crippen LogP contribution is 2.07. The number of benzene rings is 1. The Bertz CT molecular complexity index is 687. The maximum atomic E-state index is 12.7. The molecule has 0 spiro atoms. The molecule has 106 valence electrons. The molecule has 0 fully saturated rings. The fraction of sp³-hybridized carbons (Fsp3) is 0.125. The molecule has 1 heterocycles. The molecule has 21 heavy (non-hydrogen) atoms. The van der Waals surface area contributed by atoms with Crippen LogP contribution in [-0.4, -0.2) is 22.6 Å². The third-order valence-electron chi connectivity index (χ3n) is 2.72. The average Bonchev–Trinajstić information content (AvgIpc) is 2.52. The Kier molecular flexibility index (Phi) is 5.02. The zero-order valence-electron chi connectivity index (χ0n) is 11.1. The molecule has 0 aliphatic rings. The van der Waals surface area contributed by atoms with Crippen LogP contribution in [0.15, 0.2) is 42.6 Å². The Morgan fingerprint density at radius 1 is 1.29 bits per heavy atom. The molecule has 1 amide bonds. The van der Waals surface area contributed by atoms with Crippen LogP contribution in [0.4, 0.5) is 4.39 Å². The van der Waals surface area contributed by atoms with Crippen LogP contribution in [0.25, 0.3) is 0 Å². The third kappa shape index (κ3) is 4.13. The Balaban J connectivity index is 2.06. The summed E-state index contributed by atoms with van der Waals surface area (Å²) in [4.78, 5) is 15.6. The number of hydrogen-bond acceptors (Lipinski definition) is 3. The summed E-state index contributed by atoms with van der Waals surface area (Å²) in [5.74, 6) is 4.51. The summed E-state index contributed by atoms with van der Waals surface area (Å²) in [5, 5.41) is 11.4. The van der Waals surface area contributed by atoms with Crippen molar-refractivity contribution in [3.8, 4) is 11.8 Å². The molecule has 4 nitrogen and oxygen atoms in total. The molecule has 0 atom stereocenters. The van der Waals surface area contributed by atoms with Crippen molar-refractivity contribution in [1.82, 2.24) is 10.3 Å². The van der Waals surface area contributed by atoms with Crippen LogP contribution >= 0.6 is 0 Å². The van der Waals surface area contributed by atoms with Gasteiger partial charge in [0.1, 0.15) is 18.1 Å². The van der Waals surface area contributed by atoms with Crippen LogP contribution in [0.5, 0.6) is 0 Å². The van der Waals surface area contributed by atoms with E-state index in [0.717, 1.165) is 17.3 Å². The third-order valence-corrected chi connectivity index (χ3v) is 2.72. The lowest BCUT2D eigenvalue weighted by molar-refractivity contribution is 0.0946. The van der Waals surface area contributed by atoms with E-state index in [-0.39, 0.29) is 24.8 Å². The second-order valence-corrected chi connectivity index (χ2v) is 4.16. The molecule has 0 saturated heterocycles. The molecule has 0 bridgehead atoms. The van der Waals surface area contributed by atoms with Crippen molar-refractivity contribution in [2.75, 3.05) is 6.61 Å². The van der Waals surface area contributed by atoms with Gasteiger partial charge in [-0.25, -0.2) is 9.37 Å². The Hall–Kier alpha value is -2.71. The largest absolute Gasteiger partial charge is 0.384 e. The first-order valence-electron chi connectivity index (χ1n) is 6.28. The normalized spacial score (nSPS) is 9.62. The first-order valence-corrected chi connectivity index (χ1v) is 6.28. The van der Waals surface area contributed by atoms with E-state index in [0.29, 0.717) is 0 Å². The molecular formula is C16H13FN2O2. The van der Waals surface area contributed by atoms with Crippen molar-refractivity contribution in [3.05, 3.63) is 65.2 Å². The maximum absolute atomic E-state index is 12.7. The Morgan fingerprint density at radius 3 is 2.81 bits per heavy atom.